The minimum Gasteiger partial charge on any atom is -0.455 e. The average Bonchev–Trinajstić information content (AvgIpc) is 2.97. The van der Waals surface area contributed by atoms with Crippen molar-refractivity contribution in [3.63, 3.8) is 0 Å². The molecule has 2 nitrogen and oxygen atoms in total. The van der Waals surface area contributed by atoms with Gasteiger partial charge in [0.2, 0.25) is 5.88 Å². The lowest BCUT2D eigenvalue weighted by Gasteiger charge is -2.11. The molecule has 0 N–H and O–H groups in total. The fourth-order valence-corrected chi connectivity index (χ4v) is 1.71. The Morgan fingerprint density at radius 1 is 1.20 bits per heavy atom. The van der Waals surface area contributed by atoms with E-state index in [0.717, 1.165) is 23.6 Å². The van der Waals surface area contributed by atoms with Crippen molar-refractivity contribution in [2.75, 3.05) is 0 Å². The number of aromatic nitrogens is 1. The maximum Gasteiger partial charge on any atom is 0.223 e. The van der Waals surface area contributed by atoms with E-state index in [1.54, 1.807) is 6.20 Å². The number of rotatable bonds is 2. The molecule has 1 saturated carbocycles. The zero-order chi connectivity index (χ0) is 10.3. The monoisotopic (exact) mass is 219 g/mol. The molecule has 0 atom stereocenters. The van der Waals surface area contributed by atoms with Gasteiger partial charge in [0, 0.05) is 24.4 Å². The summed E-state index contributed by atoms with van der Waals surface area (Å²) in [6.07, 6.45) is 3.55. The van der Waals surface area contributed by atoms with Crippen LogP contribution in [0.4, 0.5) is 0 Å². The number of fused-ring (bicyclic) bond motifs is 1. The highest BCUT2D eigenvalue weighted by Crippen LogP contribution is 2.44. The quantitative estimate of drug-likeness (QED) is 0.723. The molecular weight excluding hydrogens is 210 g/mol. The van der Waals surface area contributed by atoms with Crippen LogP contribution < -0.4 is 4.74 Å². The zero-order valence-electron chi connectivity index (χ0n) is 8.11. The Bertz CT molecular complexity index is 502. The van der Waals surface area contributed by atoms with Crippen LogP contribution in [0.3, 0.4) is 0 Å². The van der Waals surface area contributed by atoms with Gasteiger partial charge in [-0.15, -0.1) is 0 Å². The van der Waals surface area contributed by atoms with Crippen molar-refractivity contribution in [2.24, 2.45) is 0 Å². The van der Waals surface area contributed by atoms with Crippen molar-refractivity contribution in [2.45, 2.75) is 17.9 Å². The van der Waals surface area contributed by atoms with Crippen LogP contribution in [0.25, 0.3) is 10.8 Å². The Morgan fingerprint density at radius 3 is 2.80 bits per heavy atom. The molecule has 2 aromatic rings. The number of benzene rings is 1. The van der Waals surface area contributed by atoms with Crippen LogP contribution >= 0.6 is 11.6 Å². The highest BCUT2D eigenvalue weighted by molar-refractivity contribution is 6.25. The highest BCUT2D eigenvalue weighted by Gasteiger charge is 2.44. The Balaban J connectivity index is 2.09. The molecular formula is C12H10ClNO. The summed E-state index contributed by atoms with van der Waals surface area (Å²) < 4.78 is 5.68. The molecule has 1 fully saturated rings. The summed E-state index contributed by atoms with van der Waals surface area (Å²) in [5, 5.41) is 1.66. The zero-order valence-corrected chi connectivity index (χ0v) is 8.87. The molecule has 0 unspecified atom stereocenters. The van der Waals surface area contributed by atoms with Gasteiger partial charge in [0.25, 0.3) is 0 Å². The maximum atomic E-state index is 6.12. The number of halogens is 1. The predicted molar refractivity (Wildman–Crippen MR) is 60.2 cm³/mol. The average molecular weight is 220 g/mol. The maximum absolute atomic E-state index is 6.12. The van der Waals surface area contributed by atoms with Gasteiger partial charge in [0.1, 0.15) is 0 Å². The normalized spacial score (nSPS) is 17.7. The second-order valence-corrected chi connectivity index (χ2v) is 4.51. The van der Waals surface area contributed by atoms with E-state index in [9.17, 15) is 0 Å². The minimum atomic E-state index is -0.489. The second-order valence-electron chi connectivity index (χ2n) is 3.82. The summed E-state index contributed by atoms with van der Waals surface area (Å²) in [7, 11) is 0. The molecule has 0 radical (unpaired) electrons. The van der Waals surface area contributed by atoms with Crippen molar-refractivity contribution >= 4 is 22.4 Å². The van der Waals surface area contributed by atoms with Gasteiger partial charge in [-0.2, -0.15) is 0 Å². The van der Waals surface area contributed by atoms with Crippen molar-refractivity contribution < 1.29 is 4.74 Å². The van der Waals surface area contributed by atoms with Gasteiger partial charge in [0.15, 0.2) is 5.06 Å². The summed E-state index contributed by atoms with van der Waals surface area (Å²) in [5.41, 5.74) is 0. The van der Waals surface area contributed by atoms with Crippen LogP contribution in [-0.2, 0) is 0 Å². The van der Waals surface area contributed by atoms with Crippen LogP contribution in [0.15, 0.2) is 36.5 Å². The molecule has 0 spiro atoms. The molecule has 0 amide bonds. The molecule has 0 saturated heterocycles. The van der Waals surface area contributed by atoms with Crippen LogP contribution in [-0.4, -0.2) is 10.0 Å². The Morgan fingerprint density at radius 2 is 2.00 bits per heavy atom. The van der Waals surface area contributed by atoms with Crippen molar-refractivity contribution in [1.82, 2.24) is 4.98 Å². The van der Waals surface area contributed by atoms with Gasteiger partial charge in [-0.25, -0.2) is 4.98 Å². The topological polar surface area (TPSA) is 22.1 Å². The molecule has 1 aromatic carbocycles. The molecule has 1 aliphatic rings. The molecule has 15 heavy (non-hydrogen) atoms. The Hall–Kier alpha value is -1.28. The largest absolute Gasteiger partial charge is 0.455 e. The third-order valence-electron chi connectivity index (χ3n) is 2.56. The standard InChI is InChI=1S/C12H10ClNO/c13-12(6-7-12)15-11-10-4-2-1-3-9(10)5-8-14-11/h1-5,8H,6-7H2. The number of hydrogen-bond acceptors (Lipinski definition) is 2. The fourth-order valence-electron chi connectivity index (χ4n) is 1.55. The number of nitrogens with zero attached hydrogens (tertiary/aromatic N) is 1. The van der Waals surface area contributed by atoms with Crippen molar-refractivity contribution in [3.05, 3.63) is 36.5 Å². The van der Waals surface area contributed by atoms with Crippen molar-refractivity contribution in [3.8, 4) is 5.88 Å². The van der Waals surface area contributed by atoms with Gasteiger partial charge in [0.05, 0.1) is 0 Å². The summed E-state index contributed by atoms with van der Waals surface area (Å²) in [4.78, 5) is 4.23. The first-order chi connectivity index (χ1) is 7.27. The third kappa shape index (κ3) is 1.65. The summed E-state index contributed by atoms with van der Waals surface area (Å²) in [5.74, 6) is 0.639. The lowest BCUT2D eigenvalue weighted by atomic mass is 10.2. The van der Waals surface area contributed by atoms with Gasteiger partial charge in [-0.05, 0) is 17.5 Å². The molecule has 1 aromatic heterocycles. The second kappa shape index (κ2) is 3.11. The van der Waals surface area contributed by atoms with E-state index in [1.807, 2.05) is 30.3 Å². The SMILES string of the molecule is ClC1(Oc2nccc3ccccc23)CC1. The molecule has 0 bridgehead atoms. The van der Waals surface area contributed by atoms with E-state index < -0.39 is 5.06 Å². The third-order valence-corrected chi connectivity index (χ3v) is 3.01. The van der Waals surface area contributed by atoms with Crippen LogP contribution in [0.1, 0.15) is 12.8 Å². The van der Waals surface area contributed by atoms with Crippen molar-refractivity contribution in [1.29, 1.82) is 0 Å². The van der Waals surface area contributed by atoms with E-state index in [-0.39, 0.29) is 0 Å². The van der Waals surface area contributed by atoms with E-state index >= 15 is 0 Å². The van der Waals surface area contributed by atoms with Gasteiger partial charge in [-0.1, -0.05) is 29.8 Å². The van der Waals surface area contributed by atoms with Gasteiger partial charge >= 0.3 is 0 Å². The van der Waals surface area contributed by atoms with E-state index in [4.69, 9.17) is 16.3 Å². The number of alkyl halides is 1. The molecule has 3 rings (SSSR count). The molecule has 1 heterocycles. The van der Waals surface area contributed by atoms with E-state index in [2.05, 4.69) is 4.98 Å². The summed E-state index contributed by atoms with van der Waals surface area (Å²) in [6, 6.07) is 9.98. The van der Waals surface area contributed by atoms with Gasteiger partial charge < -0.3 is 4.74 Å². The minimum absolute atomic E-state index is 0.489. The first-order valence-electron chi connectivity index (χ1n) is 4.99. The molecule has 0 aliphatic heterocycles. The first kappa shape index (κ1) is 8.98. The number of hydrogen-bond donors (Lipinski definition) is 0. The molecule has 3 heteroatoms. The van der Waals surface area contributed by atoms with E-state index in [1.165, 1.54) is 0 Å². The number of ether oxygens (including phenoxy) is 1. The van der Waals surface area contributed by atoms with Crippen LogP contribution in [0.2, 0.25) is 0 Å². The summed E-state index contributed by atoms with van der Waals surface area (Å²) in [6.45, 7) is 0. The van der Waals surface area contributed by atoms with Crippen LogP contribution in [0, 0.1) is 0 Å². The lowest BCUT2D eigenvalue weighted by molar-refractivity contribution is 0.257. The first-order valence-corrected chi connectivity index (χ1v) is 5.36. The summed E-state index contributed by atoms with van der Waals surface area (Å²) >= 11 is 6.12. The van der Waals surface area contributed by atoms with Gasteiger partial charge in [-0.3, -0.25) is 0 Å². The Labute approximate surface area is 92.8 Å². The fraction of sp³-hybridized carbons (Fsp3) is 0.250. The molecule has 76 valence electrons. The lowest BCUT2D eigenvalue weighted by Crippen LogP contribution is -2.09. The number of pyridine rings is 1. The smallest absolute Gasteiger partial charge is 0.223 e. The molecule has 1 aliphatic carbocycles. The Kier molecular flexibility index (Phi) is 1.86. The predicted octanol–water partition coefficient (Wildman–Crippen LogP) is 3.34. The van der Waals surface area contributed by atoms with Crippen LogP contribution in [0.5, 0.6) is 5.88 Å². The highest BCUT2D eigenvalue weighted by atomic mass is 35.5. The van der Waals surface area contributed by atoms with E-state index in [0.29, 0.717) is 5.88 Å².